The van der Waals surface area contributed by atoms with E-state index >= 15 is 0 Å². The number of halogens is 2. The van der Waals surface area contributed by atoms with Gasteiger partial charge in [0, 0.05) is 14.3 Å². The fourth-order valence-corrected chi connectivity index (χ4v) is 4.20. The number of anilines is 1. The minimum absolute atomic E-state index is 0.0149. The number of hydrogen-bond donors (Lipinski definition) is 0. The van der Waals surface area contributed by atoms with Gasteiger partial charge in [0.2, 0.25) is 0 Å². The van der Waals surface area contributed by atoms with E-state index in [1.165, 1.54) is 14.9 Å². The molecule has 0 radical (unpaired) electrons. The molecular weight excluding hydrogens is 469 g/mol. The first-order chi connectivity index (χ1) is 12.1. The third-order valence-electron chi connectivity index (χ3n) is 3.92. The van der Waals surface area contributed by atoms with Crippen LogP contribution in [0.1, 0.15) is 5.56 Å². The minimum atomic E-state index is -0.0149. The highest BCUT2D eigenvalue weighted by Gasteiger charge is 2.15. The molecule has 0 bridgehead atoms. The SMILES string of the molecule is O=c1c(=Cc2cccc(Cl)c2)sc2n1CN(c1ccc(I)cc1)CN=2. The van der Waals surface area contributed by atoms with Crippen molar-refractivity contribution in [3.63, 3.8) is 0 Å². The monoisotopic (exact) mass is 481 g/mol. The van der Waals surface area contributed by atoms with Crippen molar-refractivity contribution in [2.45, 2.75) is 6.67 Å². The van der Waals surface area contributed by atoms with Crippen molar-refractivity contribution in [3.05, 3.63) is 82.4 Å². The highest BCUT2D eigenvalue weighted by molar-refractivity contribution is 14.1. The third kappa shape index (κ3) is 3.51. The average Bonchev–Trinajstić information content (AvgIpc) is 2.91. The number of nitrogens with zero attached hydrogens (tertiary/aromatic N) is 3. The minimum Gasteiger partial charge on any atom is -0.334 e. The van der Waals surface area contributed by atoms with Gasteiger partial charge in [-0.05, 0) is 70.6 Å². The molecule has 0 amide bonds. The molecule has 0 saturated heterocycles. The first kappa shape index (κ1) is 16.8. The first-order valence-electron chi connectivity index (χ1n) is 7.62. The van der Waals surface area contributed by atoms with Crippen LogP contribution in [0, 0.1) is 3.57 Å². The molecule has 0 atom stereocenters. The number of aromatic nitrogens is 1. The van der Waals surface area contributed by atoms with Crippen LogP contribution < -0.4 is 19.8 Å². The lowest BCUT2D eigenvalue weighted by molar-refractivity contribution is 0.569. The zero-order chi connectivity index (χ0) is 17.4. The van der Waals surface area contributed by atoms with Crippen molar-refractivity contribution in [1.29, 1.82) is 0 Å². The van der Waals surface area contributed by atoms with Crippen LogP contribution in [0.15, 0.2) is 58.3 Å². The molecule has 0 unspecified atom stereocenters. The molecule has 25 heavy (non-hydrogen) atoms. The predicted octanol–water partition coefficient (Wildman–Crippen LogP) is 3.05. The Bertz CT molecular complexity index is 1100. The van der Waals surface area contributed by atoms with Crippen molar-refractivity contribution >= 4 is 57.3 Å². The van der Waals surface area contributed by atoms with E-state index in [0.29, 0.717) is 22.9 Å². The third-order valence-corrected chi connectivity index (χ3v) is 5.91. The Hall–Kier alpha value is -1.64. The molecule has 1 aromatic heterocycles. The topological polar surface area (TPSA) is 37.6 Å². The number of rotatable bonds is 2. The molecule has 2 aromatic carbocycles. The number of fused-ring (bicyclic) bond motifs is 1. The van der Waals surface area contributed by atoms with Gasteiger partial charge in [0.05, 0.1) is 4.53 Å². The summed E-state index contributed by atoms with van der Waals surface area (Å²) in [7, 11) is 0. The van der Waals surface area contributed by atoms with Gasteiger partial charge in [0.1, 0.15) is 13.3 Å². The summed E-state index contributed by atoms with van der Waals surface area (Å²) in [6, 6.07) is 15.7. The van der Waals surface area contributed by atoms with Crippen molar-refractivity contribution in [2.75, 3.05) is 11.6 Å². The van der Waals surface area contributed by atoms with Crippen LogP contribution in [0.5, 0.6) is 0 Å². The Morgan fingerprint density at radius 3 is 2.76 bits per heavy atom. The smallest absolute Gasteiger partial charge is 0.271 e. The van der Waals surface area contributed by atoms with Gasteiger partial charge in [0.15, 0.2) is 4.80 Å². The molecule has 3 aromatic rings. The molecule has 1 aliphatic heterocycles. The highest BCUT2D eigenvalue weighted by atomic mass is 127. The summed E-state index contributed by atoms with van der Waals surface area (Å²) in [4.78, 5) is 20.2. The number of hydrogen-bond acceptors (Lipinski definition) is 4. The lowest BCUT2D eigenvalue weighted by Gasteiger charge is -2.25. The molecule has 0 saturated carbocycles. The summed E-state index contributed by atoms with van der Waals surface area (Å²) in [5.74, 6) is 0. The zero-order valence-corrected chi connectivity index (χ0v) is 16.8. The molecule has 0 fully saturated rings. The van der Waals surface area contributed by atoms with E-state index in [4.69, 9.17) is 11.6 Å². The normalized spacial score (nSPS) is 14.3. The largest absolute Gasteiger partial charge is 0.334 e. The molecule has 1 aliphatic rings. The van der Waals surface area contributed by atoms with Gasteiger partial charge in [-0.1, -0.05) is 35.1 Å². The second-order valence-electron chi connectivity index (χ2n) is 5.64. The highest BCUT2D eigenvalue weighted by Crippen LogP contribution is 2.17. The molecule has 4 rings (SSSR count). The molecule has 0 N–H and O–H groups in total. The average molecular weight is 482 g/mol. The van der Waals surface area contributed by atoms with Crippen molar-refractivity contribution in [2.24, 2.45) is 4.99 Å². The summed E-state index contributed by atoms with van der Waals surface area (Å²) in [6.07, 6.45) is 1.87. The van der Waals surface area contributed by atoms with Gasteiger partial charge >= 0.3 is 0 Å². The van der Waals surface area contributed by atoms with Crippen LogP contribution in [0.2, 0.25) is 5.02 Å². The molecule has 4 nitrogen and oxygen atoms in total. The van der Waals surface area contributed by atoms with Gasteiger partial charge < -0.3 is 4.90 Å². The van der Waals surface area contributed by atoms with E-state index in [1.54, 1.807) is 4.57 Å². The van der Waals surface area contributed by atoms with Crippen LogP contribution in [0.25, 0.3) is 6.08 Å². The maximum atomic E-state index is 12.8. The van der Waals surface area contributed by atoms with E-state index in [1.807, 2.05) is 30.3 Å². The molecule has 126 valence electrons. The summed E-state index contributed by atoms with van der Waals surface area (Å²) in [6.45, 7) is 1.06. The van der Waals surface area contributed by atoms with Crippen molar-refractivity contribution in [1.82, 2.24) is 4.57 Å². The standard InChI is InChI=1S/C18H13ClIN3OS/c19-13-3-1-2-12(8-13)9-16-17(24)23-11-22(10-21-18(23)25-16)15-6-4-14(20)5-7-15/h1-9H,10-11H2. The molecule has 0 aliphatic carbocycles. The summed E-state index contributed by atoms with van der Waals surface area (Å²) >= 11 is 9.72. The van der Waals surface area contributed by atoms with Gasteiger partial charge in [0.25, 0.3) is 5.56 Å². The second kappa shape index (κ2) is 6.93. The van der Waals surface area contributed by atoms with Gasteiger partial charge in [-0.15, -0.1) is 0 Å². The lowest BCUT2D eigenvalue weighted by atomic mass is 10.2. The second-order valence-corrected chi connectivity index (χ2v) is 8.33. The molecule has 0 spiro atoms. The fraction of sp³-hybridized carbons (Fsp3) is 0.111. The van der Waals surface area contributed by atoms with Crippen LogP contribution in [0.4, 0.5) is 5.69 Å². The Morgan fingerprint density at radius 2 is 2.00 bits per heavy atom. The molecular formula is C18H13ClIN3OS. The Labute approximate surface area is 166 Å². The quantitative estimate of drug-likeness (QED) is 0.528. The lowest BCUT2D eigenvalue weighted by Crippen LogP contribution is -2.42. The van der Waals surface area contributed by atoms with Gasteiger partial charge in [-0.2, -0.15) is 0 Å². The van der Waals surface area contributed by atoms with Crippen LogP contribution >= 0.6 is 45.5 Å². The summed E-state index contributed by atoms with van der Waals surface area (Å²) in [5, 5.41) is 0.657. The Kier molecular flexibility index (Phi) is 4.66. The number of benzene rings is 2. The van der Waals surface area contributed by atoms with E-state index in [2.05, 4.69) is 56.7 Å². The Balaban J connectivity index is 1.71. The van der Waals surface area contributed by atoms with E-state index in [0.717, 1.165) is 16.1 Å². The summed E-state index contributed by atoms with van der Waals surface area (Å²) in [5.41, 5.74) is 1.96. The Morgan fingerprint density at radius 1 is 1.20 bits per heavy atom. The van der Waals surface area contributed by atoms with Crippen LogP contribution in [-0.4, -0.2) is 11.2 Å². The van der Waals surface area contributed by atoms with E-state index in [9.17, 15) is 4.79 Å². The van der Waals surface area contributed by atoms with Crippen LogP contribution in [-0.2, 0) is 6.67 Å². The maximum absolute atomic E-state index is 12.8. The maximum Gasteiger partial charge on any atom is 0.271 e. The molecule has 7 heteroatoms. The summed E-state index contributed by atoms with van der Waals surface area (Å²) < 4.78 is 3.58. The predicted molar refractivity (Wildman–Crippen MR) is 111 cm³/mol. The van der Waals surface area contributed by atoms with E-state index in [-0.39, 0.29) is 5.56 Å². The van der Waals surface area contributed by atoms with Gasteiger partial charge in [-0.25, -0.2) is 4.99 Å². The first-order valence-corrected chi connectivity index (χ1v) is 9.89. The van der Waals surface area contributed by atoms with Crippen LogP contribution in [0.3, 0.4) is 0 Å². The van der Waals surface area contributed by atoms with E-state index < -0.39 is 0 Å². The number of thiazole rings is 1. The fourth-order valence-electron chi connectivity index (χ4n) is 2.67. The van der Waals surface area contributed by atoms with Crippen molar-refractivity contribution < 1.29 is 0 Å². The molecule has 2 heterocycles. The van der Waals surface area contributed by atoms with Gasteiger partial charge in [-0.3, -0.25) is 9.36 Å². The van der Waals surface area contributed by atoms with Crippen molar-refractivity contribution in [3.8, 4) is 0 Å². The zero-order valence-electron chi connectivity index (χ0n) is 13.0.